The number of carbonyl (C=O) groups excluding carboxylic acids is 2. The van der Waals surface area contributed by atoms with Crippen molar-refractivity contribution in [2.75, 3.05) is 11.4 Å². The van der Waals surface area contributed by atoms with Crippen molar-refractivity contribution >= 4 is 17.5 Å². The predicted molar refractivity (Wildman–Crippen MR) is 110 cm³/mol. The molecule has 0 aliphatic carbocycles. The number of aromatic nitrogens is 1. The second kappa shape index (κ2) is 7.75. The van der Waals surface area contributed by atoms with Crippen molar-refractivity contribution in [2.24, 2.45) is 0 Å². The van der Waals surface area contributed by atoms with E-state index in [1.165, 1.54) is 4.90 Å². The molecule has 29 heavy (non-hydrogen) atoms. The molecule has 1 aliphatic rings. The van der Waals surface area contributed by atoms with E-state index in [-0.39, 0.29) is 30.3 Å². The Morgan fingerprint density at radius 3 is 2.72 bits per heavy atom. The lowest BCUT2D eigenvalue weighted by Gasteiger charge is -2.23. The number of carbonyl (C=O) groups is 2. The highest BCUT2D eigenvalue weighted by atomic mass is 16.5. The molecule has 1 aliphatic heterocycles. The van der Waals surface area contributed by atoms with Gasteiger partial charge in [0.1, 0.15) is 12.1 Å². The van der Waals surface area contributed by atoms with E-state index < -0.39 is 0 Å². The quantitative estimate of drug-likeness (QED) is 0.734. The van der Waals surface area contributed by atoms with Crippen LogP contribution in [0.2, 0.25) is 0 Å². The third-order valence-corrected chi connectivity index (χ3v) is 4.84. The molecule has 6 heteroatoms. The van der Waals surface area contributed by atoms with Crippen LogP contribution in [0.25, 0.3) is 0 Å². The fourth-order valence-electron chi connectivity index (χ4n) is 3.33. The highest BCUT2D eigenvalue weighted by molar-refractivity contribution is 6.11. The second-order valence-corrected chi connectivity index (χ2v) is 7.02. The summed E-state index contributed by atoms with van der Waals surface area (Å²) in [6.45, 7) is 3.72. The maximum atomic E-state index is 13.2. The normalized spacial score (nSPS) is 13.6. The predicted octanol–water partition coefficient (Wildman–Crippen LogP) is 4.02. The number of benzene rings is 2. The van der Waals surface area contributed by atoms with Gasteiger partial charge in [0.2, 0.25) is 11.8 Å². The minimum absolute atomic E-state index is 0.121. The Kier molecular flexibility index (Phi) is 4.99. The highest BCUT2D eigenvalue weighted by Crippen LogP contribution is 2.38. The molecule has 0 radical (unpaired) electrons. The Labute approximate surface area is 169 Å². The van der Waals surface area contributed by atoms with Crippen LogP contribution in [-0.2, 0) is 4.79 Å². The van der Waals surface area contributed by atoms with E-state index >= 15 is 0 Å². The van der Waals surface area contributed by atoms with Crippen molar-refractivity contribution in [1.82, 2.24) is 10.3 Å². The maximum Gasteiger partial charge on any atom is 0.264 e. The first-order valence-electron chi connectivity index (χ1n) is 9.42. The lowest BCUT2D eigenvalue weighted by molar-refractivity contribution is -0.120. The Hall–Kier alpha value is -3.67. The van der Waals surface area contributed by atoms with Crippen molar-refractivity contribution in [3.8, 4) is 11.6 Å². The zero-order valence-corrected chi connectivity index (χ0v) is 16.3. The van der Waals surface area contributed by atoms with E-state index in [4.69, 9.17) is 4.74 Å². The SMILES string of the molecule is Cc1ccc2c(c1)N(CC(=O)NC(C)c1ccccc1)C(=O)c1cccnc1O2. The number of hydrogen-bond donors (Lipinski definition) is 1. The zero-order chi connectivity index (χ0) is 20.4. The molecular weight excluding hydrogens is 366 g/mol. The molecule has 1 atom stereocenters. The van der Waals surface area contributed by atoms with Gasteiger partial charge in [0.15, 0.2) is 5.75 Å². The Morgan fingerprint density at radius 1 is 1.14 bits per heavy atom. The number of aryl methyl sites for hydroxylation is 1. The number of amides is 2. The molecule has 146 valence electrons. The molecule has 0 fully saturated rings. The van der Waals surface area contributed by atoms with E-state index in [1.54, 1.807) is 24.4 Å². The van der Waals surface area contributed by atoms with Gasteiger partial charge in [-0.3, -0.25) is 14.5 Å². The topological polar surface area (TPSA) is 71.5 Å². The first-order chi connectivity index (χ1) is 14.0. The molecule has 0 saturated carbocycles. The molecule has 1 unspecified atom stereocenters. The van der Waals surface area contributed by atoms with E-state index in [0.717, 1.165) is 11.1 Å². The summed E-state index contributed by atoms with van der Waals surface area (Å²) in [4.78, 5) is 31.7. The van der Waals surface area contributed by atoms with Gasteiger partial charge in [-0.2, -0.15) is 0 Å². The van der Waals surface area contributed by atoms with E-state index in [1.807, 2.05) is 56.3 Å². The van der Waals surface area contributed by atoms with E-state index in [2.05, 4.69) is 10.3 Å². The van der Waals surface area contributed by atoms with Gasteiger partial charge in [-0.25, -0.2) is 4.98 Å². The van der Waals surface area contributed by atoms with Crippen LogP contribution in [0.4, 0.5) is 5.69 Å². The molecule has 2 aromatic carbocycles. The summed E-state index contributed by atoms with van der Waals surface area (Å²) >= 11 is 0. The number of nitrogens with zero attached hydrogens (tertiary/aromatic N) is 2. The number of hydrogen-bond acceptors (Lipinski definition) is 4. The highest BCUT2D eigenvalue weighted by Gasteiger charge is 2.30. The number of ether oxygens (including phenoxy) is 1. The smallest absolute Gasteiger partial charge is 0.264 e. The summed E-state index contributed by atoms with van der Waals surface area (Å²) < 4.78 is 5.88. The summed E-state index contributed by atoms with van der Waals surface area (Å²) in [6, 6.07) is 18.4. The first-order valence-corrected chi connectivity index (χ1v) is 9.42. The van der Waals surface area contributed by atoms with Gasteiger partial charge >= 0.3 is 0 Å². The van der Waals surface area contributed by atoms with Crippen molar-refractivity contribution in [3.63, 3.8) is 0 Å². The molecule has 1 aromatic heterocycles. The molecule has 0 bridgehead atoms. The van der Waals surface area contributed by atoms with Gasteiger partial charge in [-0.05, 0) is 49.2 Å². The van der Waals surface area contributed by atoms with Gasteiger partial charge < -0.3 is 10.1 Å². The van der Waals surface area contributed by atoms with Crippen molar-refractivity contribution in [3.05, 3.63) is 83.6 Å². The van der Waals surface area contributed by atoms with Crippen molar-refractivity contribution in [1.29, 1.82) is 0 Å². The molecule has 0 spiro atoms. The van der Waals surface area contributed by atoms with Crippen LogP contribution in [0.15, 0.2) is 66.9 Å². The molecule has 2 amide bonds. The fourth-order valence-corrected chi connectivity index (χ4v) is 3.33. The van der Waals surface area contributed by atoms with Gasteiger partial charge in [-0.15, -0.1) is 0 Å². The monoisotopic (exact) mass is 387 g/mol. The maximum absolute atomic E-state index is 13.2. The average Bonchev–Trinajstić information content (AvgIpc) is 2.84. The Bertz CT molecular complexity index is 1070. The van der Waals surface area contributed by atoms with Crippen LogP contribution in [0.5, 0.6) is 11.6 Å². The molecule has 3 aromatic rings. The minimum atomic E-state index is -0.319. The number of pyridine rings is 1. The lowest BCUT2D eigenvalue weighted by atomic mass is 10.1. The lowest BCUT2D eigenvalue weighted by Crippen LogP contribution is -2.41. The summed E-state index contributed by atoms with van der Waals surface area (Å²) in [5, 5.41) is 2.96. The van der Waals surface area contributed by atoms with Gasteiger partial charge in [0.05, 0.1) is 11.7 Å². The zero-order valence-electron chi connectivity index (χ0n) is 16.3. The standard InChI is InChI=1S/C23H21N3O3/c1-15-10-11-20-19(13-15)26(23(28)18-9-6-12-24-22(18)29-20)14-21(27)25-16(2)17-7-4-3-5-8-17/h3-13,16H,14H2,1-2H3,(H,25,27). The molecule has 2 heterocycles. The first kappa shape index (κ1) is 18.7. The summed E-state index contributed by atoms with van der Waals surface area (Å²) in [7, 11) is 0. The largest absolute Gasteiger partial charge is 0.436 e. The molecule has 6 nitrogen and oxygen atoms in total. The van der Waals surface area contributed by atoms with Crippen molar-refractivity contribution < 1.29 is 14.3 Å². The molecule has 0 saturated heterocycles. The fraction of sp³-hybridized carbons (Fsp3) is 0.174. The van der Waals surface area contributed by atoms with Gasteiger partial charge in [-0.1, -0.05) is 36.4 Å². The Balaban J connectivity index is 1.64. The van der Waals surface area contributed by atoms with Crippen LogP contribution < -0.4 is 15.0 Å². The minimum Gasteiger partial charge on any atom is -0.436 e. The van der Waals surface area contributed by atoms with Crippen LogP contribution >= 0.6 is 0 Å². The van der Waals surface area contributed by atoms with Crippen LogP contribution in [-0.4, -0.2) is 23.3 Å². The van der Waals surface area contributed by atoms with Crippen LogP contribution in [0.1, 0.15) is 34.5 Å². The van der Waals surface area contributed by atoms with E-state index in [9.17, 15) is 9.59 Å². The summed E-state index contributed by atoms with van der Waals surface area (Å²) in [6.07, 6.45) is 1.57. The summed E-state index contributed by atoms with van der Waals surface area (Å²) in [5.74, 6) is 0.155. The van der Waals surface area contributed by atoms with Crippen molar-refractivity contribution in [2.45, 2.75) is 19.9 Å². The number of nitrogens with one attached hydrogen (secondary N) is 1. The van der Waals surface area contributed by atoms with E-state index in [0.29, 0.717) is 17.0 Å². The summed E-state index contributed by atoms with van der Waals surface area (Å²) in [5.41, 5.74) is 2.83. The van der Waals surface area contributed by atoms with Gasteiger partial charge in [0.25, 0.3) is 5.91 Å². The van der Waals surface area contributed by atoms with Crippen LogP contribution in [0, 0.1) is 6.92 Å². The molecule has 1 N–H and O–H groups in total. The number of rotatable bonds is 4. The second-order valence-electron chi connectivity index (χ2n) is 7.02. The number of fused-ring (bicyclic) bond motifs is 2. The molecule has 4 rings (SSSR count). The van der Waals surface area contributed by atoms with Gasteiger partial charge in [0, 0.05) is 6.20 Å². The Morgan fingerprint density at radius 2 is 1.93 bits per heavy atom. The third kappa shape index (κ3) is 3.82. The average molecular weight is 387 g/mol. The van der Waals surface area contributed by atoms with Crippen LogP contribution in [0.3, 0.4) is 0 Å². The molecular formula is C23H21N3O3. The number of anilines is 1. The third-order valence-electron chi connectivity index (χ3n) is 4.84.